The maximum Gasteiger partial charge on any atom is 0.307 e. The van der Waals surface area contributed by atoms with E-state index in [1.165, 1.54) is 11.3 Å². The van der Waals surface area contributed by atoms with Gasteiger partial charge in [-0.1, -0.05) is 37.3 Å². The van der Waals surface area contributed by atoms with Crippen LogP contribution in [0.5, 0.6) is 0 Å². The van der Waals surface area contributed by atoms with E-state index in [1.54, 1.807) is 0 Å². The van der Waals surface area contributed by atoms with Crippen molar-refractivity contribution in [2.45, 2.75) is 33.1 Å². The quantitative estimate of drug-likeness (QED) is 0.814. The fraction of sp³-hybridized carbons (Fsp3) is 0.571. The number of carbonyl (C=O) groups is 2. The number of nitrogens with zero attached hydrogens (tertiary/aromatic N) is 2. The molecule has 1 aliphatic carbocycles. The third-order valence-electron chi connectivity index (χ3n) is 3.37. The van der Waals surface area contributed by atoms with Gasteiger partial charge in [-0.25, -0.2) is 0 Å². The van der Waals surface area contributed by atoms with Gasteiger partial charge in [-0.05, 0) is 18.8 Å². The van der Waals surface area contributed by atoms with E-state index in [2.05, 4.69) is 29.4 Å². The minimum atomic E-state index is -0.933. The lowest BCUT2D eigenvalue weighted by Crippen LogP contribution is -2.34. The van der Waals surface area contributed by atoms with Crippen molar-refractivity contribution in [2.24, 2.45) is 17.8 Å². The largest absolute Gasteiger partial charge is 0.481 e. The first-order valence-electron chi connectivity index (χ1n) is 6.98. The number of nitrogens with one attached hydrogen (secondary N) is 1. The fourth-order valence-electron chi connectivity index (χ4n) is 2.31. The number of hydrogen-bond acceptors (Lipinski definition) is 5. The summed E-state index contributed by atoms with van der Waals surface area (Å²) in [7, 11) is 0. The normalized spacial score (nSPS) is 21.5. The standard InChI is InChI=1S/C14H19N3O3S/c1-8(2)7-11-16-17-14(21-11)15-12(18)9-5-3-4-6-10(9)13(19)20/h3-4,8-10H,5-7H2,1-2H3,(H,19,20)(H,15,17,18)/t9-,10+/m1/s1. The van der Waals surface area contributed by atoms with Crippen molar-refractivity contribution >= 4 is 28.3 Å². The Hall–Kier alpha value is -1.76. The molecule has 0 fully saturated rings. The average molecular weight is 309 g/mol. The van der Waals surface area contributed by atoms with Crippen molar-refractivity contribution in [3.8, 4) is 0 Å². The maximum absolute atomic E-state index is 12.2. The summed E-state index contributed by atoms with van der Waals surface area (Å²) >= 11 is 1.34. The number of rotatable bonds is 5. The highest BCUT2D eigenvalue weighted by atomic mass is 32.1. The predicted molar refractivity (Wildman–Crippen MR) is 80.1 cm³/mol. The second-order valence-electron chi connectivity index (χ2n) is 5.58. The van der Waals surface area contributed by atoms with Gasteiger partial charge >= 0.3 is 5.97 Å². The highest BCUT2D eigenvalue weighted by molar-refractivity contribution is 7.15. The Kier molecular flexibility index (Phi) is 5.06. The molecule has 2 rings (SSSR count). The van der Waals surface area contributed by atoms with Crippen molar-refractivity contribution in [1.29, 1.82) is 0 Å². The molecule has 0 bridgehead atoms. The molecule has 0 radical (unpaired) electrons. The highest BCUT2D eigenvalue weighted by Gasteiger charge is 2.34. The first kappa shape index (κ1) is 15.6. The van der Waals surface area contributed by atoms with Crippen molar-refractivity contribution in [3.05, 3.63) is 17.2 Å². The minimum absolute atomic E-state index is 0.293. The number of amides is 1. The van der Waals surface area contributed by atoms with E-state index < -0.39 is 17.8 Å². The lowest BCUT2D eigenvalue weighted by atomic mass is 9.82. The number of aromatic nitrogens is 2. The average Bonchev–Trinajstić information content (AvgIpc) is 2.85. The summed E-state index contributed by atoms with van der Waals surface area (Å²) in [5, 5.41) is 21.2. The van der Waals surface area contributed by atoms with Gasteiger partial charge in [0.25, 0.3) is 0 Å². The number of carboxylic acid groups (broad SMARTS) is 1. The minimum Gasteiger partial charge on any atom is -0.481 e. The van der Waals surface area contributed by atoms with Gasteiger partial charge in [0.1, 0.15) is 5.01 Å². The van der Waals surface area contributed by atoms with Gasteiger partial charge in [0.05, 0.1) is 11.8 Å². The Labute approximate surface area is 127 Å². The molecule has 0 aromatic carbocycles. The molecular formula is C14H19N3O3S. The first-order chi connectivity index (χ1) is 9.97. The van der Waals surface area contributed by atoms with Crippen LogP contribution >= 0.6 is 11.3 Å². The van der Waals surface area contributed by atoms with E-state index in [-0.39, 0.29) is 5.91 Å². The molecule has 6 nitrogen and oxygen atoms in total. The Morgan fingerprint density at radius 2 is 2.00 bits per heavy atom. The SMILES string of the molecule is CC(C)Cc1nnc(NC(=O)[C@@H]2CC=CC[C@@H]2C(=O)O)s1. The van der Waals surface area contributed by atoms with Crippen molar-refractivity contribution < 1.29 is 14.7 Å². The van der Waals surface area contributed by atoms with Crippen LogP contribution in [-0.2, 0) is 16.0 Å². The van der Waals surface area contributed by atoms with Crippen LogP contribution < -0.4 is 5.32 Å². The molecule has 7 heteroatoms. The summed E-state index contributed by atoms with van der Waals surface area (Å²) in [6, 6.07) is 0. The van der Waals surface area contributed by atoms with Crippen LogP contribution in [0.3, 0.4) is 0 Å². The van der Waals surface area contributed by atoms with Crippen LogP contribution in [0.25, 0.3) is 0 Å². The van der Waals surface area contributed by atoms with Crippen LogP contribution in [0.4, 0.5) is 5.13 Å². The van der Waals surface area contributed by atoms with Crippen LogP contribution in [-0.4, -0.2) is 27.2 Å². The molecule has 2 N–H and O–H groups in total. The summed E-state index contributed by atoms with van der Waals surface area (Å²) in [6.45, 7) is 4.18. The molecule has 0 spiro atoms. The van der Waals surface area contributed by atoms with Crippen molar-refractivity contribution in [2.75, 3.05) is 5.32 Å². The topological polar surface area (TPSA) is 92.2 Å². The Balaban J connectivity index is 2.01. The lowest BCUT2D eigenvalue weighted by molar-refractivity contribution is -0.146. The monoisotopic (exact) mass is 309 g/mol. The lowest BCUT2D eigenvalue weighted by Gasteiger charge is -2.23. The Morgan fingerprint density at radius 3 is 2.62 bits per heavy atom. The van der Waals surface area contributed by atoms with Crippen LogP contribution in [0.2, 0.25) is 0 Å². The number of hydrogen-bond donors (Lipinski definition) is 2. The van der Waals surface area contributed by atoms with E-state index in [0.29, 0.717) is 23.9 Å². The maximum atomic E-state index is 12.2. The van der Waals surface area contributed by atoms with Gasteiger partial charge in [0.2, 0.25) is 11.0 Å². The molecule has 1 aliphatic rings. The summed E-state index contributed by atoms with van der Waals surface area (Å²) in [5.74, 6) is -1.97. The molecule has 0 saturated heterocycles. The molecule has 114 valence electrons. The number of carboxylic acids is 1. The van der Waals surface area contributed by atoms with Gasteiger partial charge in [0, 0.05) is 6.42 Å². The van der Waals surface area contributed by atoms with Crippen molar-refractivity contribution in [1.82, 2.24) is 10.2 Å². The van der Waals surface area contributed by atoms with Gasteiger partial charge in [-0.3, -0.25) is 9.59 Å². The van der Waals surface area contributed by atoms with Gasteiger partial charge in [-0.15, -0.1) is 10.2 Å². The molecule has 0 unspecified atom stereocenters. The van der Waals surface area contributed by atoms with Crippen molar-refractivity contribution in [3.63, 3.8) is 0 Å². The first-order valence-corrected chi connectivity index (χ1v) is 7.80. The van der Waals surface area contributed by atoms with Gasteiger partial charge < -0.3 is 10.4 Å². The van der Waals surface area contributed by atoms with E-state index in [1.807, 2.05) is 12.2 Å². The van der Waals surface area contributed by atoms with E-state index in [0.717, 1.165) is 11.4 Å². The summed E-state index contributed by atoms with van der Waals surface area (Å²) in [4.78, 5) is 23.5. The zero-order valence-electron chi connectivity index (χ0n) is 12.1. The zero-order chi connectivity index (χ0) is 15.4. The molecule has 1 amide bonds. The molecular weight excluding hydrogens is 290 g/mol. The Morgan fingerprint density at radius 1 is 1.33 bits per heavy atom. The highest BCUT2D eigenvalue weighted by Crippen LogP contribution is 2.28. The van der Waals surface area contributed by atoms with Crippen LogP contribution in [0.15, 0.2) is 12.2 Å². The molecule has 1 aromatic rings. The summed E-state index contributed by atoms with van der Waals surface area (Å²) < 4.78 is 0. The number of anilines is 1. The second kappa shape index (κ2) is 6.80. The molecule has 1 heterocycles. The third-order valence-corrected chi connectivity index (χ3v) is 4.23. The molecule has 0 saturated carbocycles. The van der Waals surface area contributed by atoms with Crippen LogP contribution in [0, 0.1) is 17.8 Å². The molecule has 2 atom stereocenters. The number of allylic oxidation sites excluding steroid dienone is 2. The second-order valence-corrected chi connectivity index (χ2v) is 6.64. The predicted octanol–water partition coefficient (Wildman–Crippen LogP) is 2.34. The zero-order valence-corrected chi connectivity index (χ0v) is 12.9. The number of carbonyl (C=O) groups excluding carboxylic acids is 1. The van der Waals surface area contributed by atoms with Gasteiger partial charge in [0.15, 0.2) is 0 Å². The summed E-state index contributed by atoms with van der Waals surface area (Å²) in [5.41, 5.74) is 0. The molecule has 0 aliphatic heterocycles. The van der Waals surface area contributed by atoms with Crippen LogP contribution in [0.1, 0.15) is 31.7 Å². The van der Waals surface area contributed by atoms with E-state index in [9.17, 15) is 14.7 Å². The summed E-state index contributed by atoms with van der Waals surface area (Å²) in [6.07, 6.45) is 5.32. The molecule has 21 heavy (non-hydrogen) atoms. The fourth-order valence-corrected chi connectivity index (χ4v) is 3.27. The third kappa shape index (κ3) is 4.10. The Bertz CT molecular complexity index is 553. The van der Waals surface area contributed by atoms with E-state index in [4.69, 9.17) is 0 Å². The van der Waals surface area contributed by atoms with E-state index >= 15 is 0 Å². The van der Waals surface area contributed by atoms with Gasteiger partial charge in [-0.2, -0.15) is 0 Å². The smallest absolute Gasteiger partial charge is 0.307 e. The number of aliphatic carboxylic acids is 1. The molecule has 1 aromatic heterocycles.